The Bertz CT molecular complexity index is 782. The molecule has 0 aliphatic rings. The van der Waals surface area contributed by atoms with E-state index in [0.29, 0.717) is 0 Å². The van der Waals surface area contributed by atoms with Crippen molar-refractivity contribution in [3.8, 4) is 0 Å². The van der Waals surface area contributed by atoms with Crippen molar-refractivity contribution in [1.82, 2.24) is 0 Å². The third kappa shape index (κ3) is 2.87. The molecule has 3 heteroatoms. The van der Waals surface area contributed by atoms with Crippen molar-refractivity contribution in [3.05, 3.63) is 66.7 Å². The van der Waals surface area contributed by atoms with Crippen molar-refractivity contribution in [2.75, 3.05) is 10.6 Å². The fourth-order valence-electron chi connectivity index (χ4n) is 2.37. The predicted octanol–water partition coefficient (Wildman–Crippen LogP) is 4.54. The minimum absolute atomic E-state index is 0.0820. The van der Waals surface area contributed by atoms with Gasteiger partial charge in [-0.15, -0.1) is 0 Å². The number of anilines is 3. The van der Waals surface area contributed by atoms with Crippen LogP contribution in [0.25, 0.3) is 10.8 Å². The first-order chi connectivity index (χ1) is 10.2. The van der Waals surface area contributed by atoms with E-state index in [1.165, 1.54) is 6.92 Å². The van der Waals surface area contributed by atoms with Crippen LogP contribution in [0.1, 0.15) is 6.92 Å². The van der Waals surface area contributed by atoms with Gasteiger partial charge in [-0.25, -0.2) is 0 Å². The smallest absolute Gasteiger partial charge is 0.221 e. The van der Waals surface area contributed by atoms with Gasteiger partial charge in [-0.1, -0.05) is 48.5 Å². The summed E-state index contributed by atoms with van der Waals surface area (Å²) in [6.07, 6.45) is 0. The van der Waals surface area contributed by atoms with Crippen LogP contribution in [0, 0.1) is 0 Å². The van der Waals surface area contributed by atoms with Gasteiger partial charge < -0.3 is 10.6 Å². The molecule has 0 radical (unpaired) electrons. The molecule has 0 fully saturated rings. The maximum absolute atomic E-state index is 11.4. The van der Waals surface area contributed by atoms with Crippen molar-refractivity contribution in [2.24, 2.45) is 0 Å². The number of hydrogen-bond acceptors (Lipinski definition) is 2. The van der Waals surface area contributed by atoms with E-state index in [0.717, 1.165) is 27.8 Å². The highest BCUT2D eigenvalue weighted by Gasteiger charge is 2.09. The standard InChI is InChI=1S/C18H16N2O/c1-13(21)19-17-12-11-14-7-5-6-10-16(14)18(17)20-15-8-3-2-4-9-15/h2-12,20H,1H3,(H,19,21). The van der Waals surface area contributed by atoms with Gasteiger partial charge in [-0.2, -0.15) is 0 Å². The van der Waals surface area contributed by atoms with E-state index in [9.17, 15) is 4.79 Å². The van der Waals surface area contributed by atoms with Crippen LogP contribution in [0.3, 0.4) is 0 Å². The number of rotatable bonds is 3. The van der Waals surface area contributed by atoms with Crippen LogP contribution in [0.2, 0.25) is 0 Å². The predicted molar refractivity (Wildman–Crippen MR) is 88.0 cm³/mol. The molecule has 0 spiro atoms. The lowest BCUT2D eigenvalue weighted by Crippen LogP contribution is -2.08. The van der Waals surface area contributed by atoms with E-state index >= 15 is 0 Å². The summed E-state index contributed by atoms with van der Waals surface area (Å²) in [5.74, 6) is -0.0820. The van der Waals surface area contributed by atoms with Crippen molar-refractivity contribution in [3.63, 3.8) is 0 Å². The molecule has 104 valence electrons. The number of carbonyl (C=O) groups is 1. The summed E-state index contributed by atoms with van der Waals surface area (Å²) >= 11 is 0. The molecule has 0 aromatic heterocycles. The van der Waals surface area contributed by atoms with Crippen LogP contribution in [-0.4, -0.2) is 5.91 Å². The summed E-state index contributed by atoms with van der Waals surface area (Å²) in [5, 5.41) is 8.50. The Hall–Kier alpha value is -2.81. The Morgan fingerprint density at radius 2 is 1.57 bits per heavy atom. The first kappa shape index (κ1) is 13.2. The second kappa shape index (κ2) is 5.67. The van der Waals surface area contributed by atoms with Crippen LogP contribution in [0.5, 0.6) is 0 Å². The van der Waals surface area contributed by atoms with Gasteiger partial charge in [0.1, 0.15) is 0 Å². The summed E-state index contributed by atoms with van der Waals surface area (Å²) in [6, 6.07) is 22.0. The number of amides is 1. The Morgan fingerprint density at radius 3 is 2.33 bits per heavy atom. The molecule has 3 aromatic carbocycles. The lowest BCUT2D eigenvalue weighted by molar-refractivity contribution is -0.114. The van der Waals surface area contributed by atoms with E-state index in [4.69, 9.17) is 0 Å². The number of benzene rings is 3. The van der Waals surface area contributed by atoms with E-state index in [2.05, 4.69) is 16.7 Å². The van der Waals surface area contributed by atoms with Crippen LogP contribution < -0.4 is 10.6 Å². The summed E-state index contributed by atoms with van der Waals surface area (Å²) in [7, 11) is 0. The largest absolute Gasteiger partial charge is 0.353 e. The SMILES string of the molecule is CC(=O)Nc1ccc2ccccc2c1Nc1ccccc1. The molecule has 0 saturated carbocycles. The topological polar surface area (TPSA) is 41.1 Å². The molecule has 0 saturated heterocycles. The number of carbonyl (C=O) groups excluding carboxylic acids is 1. The molecule has 2 N–H and O–H groups in total. The zero-order valence-corrected chi connectivity index (χ0v) is 11.8. The lowest BCUT2D eigenvalue weighted by Gasteiger charge is -2.15. The average molecular weight is 276 g/mol. The Balaban J connectivity index is 2.13. The van der Waals surface area contributed by atoms with Crippen molar-refractivity contribution in [2.45, 2.75) is 6.92 Å². The molecule has 1 amide bonds. The van der Waals surface area contributed by atoms with Crippen LogP contribution in [0.4, 0.5) is 17.1 Å². The van der Waals surface area contributed by atoms with Crippen LogP contribution >= 0.6 is 0 Å². The number of hydrogen-bond donors (Lipinski definition) is 2. The lowest BCUT2D eigenvalue weighted by atomic mass is 10.1. The maximum atomic E-state index is 11.4. The Kier molecular flexibility index (Phi) is 3.56. The molecular formula is C18H16N2O. The highest BCUT2D eigenvalue weighted by molar-refractivity contribution is 6.05. The molecule has 3 nitrogen and oxygen atoms in total. The van der Waals surface area contributed by atoms with E-state index in [-0.39, 0.29) is 5.91 Å². The van der Waals surface area contributed by atoms with Gasteiger partial charge >= 0.3 is 0 Å². The zero-order valence-electron chi connectivity index (χ0n) is 11.8. The molecule has 3 aromatic rings. The summed E-state index contributed by atoms with van der Waals surface area (Å²) in [5.41, 5.74) is 2.68. The molecule has 0 aliphatic heterocycles. The van der Waals surface area contributed by atoms with E-state index in [1.54, 1.807) is 0 Å². The molecule has 3 rings (SSSR count). The second-order valence-corrected chi connectivity index (χ2v) is 4.88. The van der Waals surface area contributed by atoms with Gasteiger partial charge in [0.2, 0.25) is 5.91 Å². The molecule has 0 bridgehead atoms. The highest BCUT2D eigenvalue weighted by atomic mass is 16.1. The summed E-state index contributed by atoms with van der Waals surface area (Å²) in [4.78, 5) is 11.4. The van der Waals surface area contributed by atoms with Crippen molar-refractivity contribution in [1.29, 1.82) is 0 Å². The molecule has 0 atom stereocenters. The molecule has 0 heterocycles. The molecular weight excluding hydrogens is 260 g/mol. The van der Waals surface area contributed by atoms with Gasteiger partial charge in [0, 0.05) is 18.0 Å². The Labute approximate surface area is 123 Å². The summed E-state index contributed by atoms with van der Waals surface area (Å²) in [6.45, 7) is 1.52. The van der Waals surface area contributed by atoms with Crippen LogP contribution in [-0.2, 0) is 4.79 Å². The fourth-order valence-corrected chi connectivity index (χ4v) is 2.37. The molecule has 0 aliphatic carbocycles. The van der Waals surface area contributed by atoms with Gasteiger partial charge in [-0.3, -0.25) is 4.79 Å². The van der Waals surface area contributed by atoms with Gasteiger partial charge in [0.25, 0.3) is 0 Å². The van der Waals surface area contributed by atoms with Crippen molar-refractivity contribution >= 4 is 33.7 Å². The zero-order chi connectivity index (χ0) is 14.7. The third-order valence-electron chi connectivity index (χ3n) is 3.28. The highest BCUT2D eigenvalue weighted by Crippen LogP contribution is 2.33. The average Bonchev–Trinajstić information content (AvgIpc) is 2.50. The Morgan fingerprint density at radius 1 is 0.857 bits per heavy atom. The fraction of sp³-hybridized carbons (Fsp3) is 0.0556. The quantitative estimate of drug-likeness (QED) is 0.737. The van der Waals surface area contributed by atoms with Gasteiger partial charge in [-0.05, 0) is 23.6 Å². The number of para-hydroxylation sites is 1. The molecule has 21 heavy (non-hydrogen) atoms. The first-order valence-corrected chi connectivity index (χ1v) is 6.85. The second-order valence-electron chi connectivity index (χ2n) is 4.88. The molecule has 0 unspecified atom stereocenters. The number of fused-ring (bicyclic) bond motifs is 1. The summed E-state index contributed by atoms with van der Waals surface area (Å²) < 4.78 is 0. The monoisotopic (exact) mass is 276 g/mol. The minimum Gasteiger partial charge on any atom is -0.353 e. The first-order valence-electron chi connectivity index (χ1n) is 6.85. The van der Waals surface area contributed by atoms with Crippen molar-refractivity contribution < 1.29 is 4.79 Å². The van der Waals surface area contributed by atoms with Crippen LogP contribution in [0.15, 0.2) is 66.7 Å². The number of nitrogens with one attached hydrogen (secondary N) is 2. The maximum Gasteiger partial charge on any atom is 0.221 e. The third-order valence-corrected chi connectivity index (χ3v) is 3.28. The van der Waals surface area contributed by atoms with Gasteiger partial charge in [0.05, 0.1) is 11.4 Å². The normalized spacial score (nSPS) is 10.3. The van der Waals surface area contributed by atoms with Gasteiger partial charge in [0.15, 0.2) is 0 Å². The minimum atomic E-state index is -0.0820. The van der Waals surface area contributed by atoms with E-state index < -0.39 is 0 Å². The van der Waals surface area contributed by atoms with E-state index in [1.807, 2.05) is 60.7 Å².